The first-order valence-electron chi connectivity index (χ1n) is 12.2. The van der Waals surface area contributed by atoms with Crippen molar-refractivity contribution in [3.8, 4) is 11.5 Å². The first-order valence-corrected chi connectivity index (χ1v) is 12.2. The van der Waals surface area contributed by atoms with Crippen LogP contribution in [0.2, 0.25) is 0 Å². The van der Waals surface area contributed by atoms with Crippen LogP contribution in [0, 0.1) is 5.82 Å². The van der Waals surface area contributed by atoms with Crippen molar-refractivity contribution in [2.24, 2.45) is 0 Å². The lowest BCUT2D eigenvalue weighted by Gasteiger charge is -2.31. The third-order valence-corrected chi connectivity index (χ3v) is 6.72. The molecule has 0 aliphatic carbocycles. The van der Waals surface area contributed by atoms with Gasteiger partial charge in [0, 0.05) is 38.2 Å². The highest BCUT2D eigenvalue weighted by atomic mass is 19.1. The molecule has 2 amide bonds. The van der Waals surface area contributed by atoms with Crippen molar-refractivity contribution in [2.45, 2.75) is 64.3 Å². The van der Waals surface area contributed by atoms with E-state index in [0.29, 0.717) is 37.8 Å². The van der Waals surface area contributed by atoms with E-state index < -0.39 is 34.8 Å². The number of aromatic nitrogens is 2. The SMILES string of the molecule is CCN1C(=O)CCCCOc2cc(F)ccc2CNC(=O)c2nc3n(c(=O)c2O)CC(OC)CCC31. The van der Waals surface area contributed by atoms with Gasteiger partial charge in [-0.15, -0.1) is 0 Å². The van der Waals surface area contributed by atoms with E-state index in [0.717, 1.165) is 0 Å². The fourth-order valence-electron chi connectivity index (χ4n) is 4.75. The lowest BCUT2D eigenvalue weighted by Crippen LogP contribution is -2.39. The Morgan fingerprint density at radius 3 is 2.81 bits per heavy atom. The van der Waals surface area contributed by atoms with Gasteiger partial charge in [0.05, 0.1) is 25.3 Å². The van der Waals surface area contributed by atoms with Crippen LogP contribution in [0.5, 0.6) is 11.5 Å². The van der Waals surface area contributed by atoms with Gasteiger partial charge >= 0.3 is 0 Å². The van der Waals surface area contributed by atoms with Crippen molar-refractivity contribution in [1.29, 1.82) is 0 Å². The minimum absolute atomic E-state index is 0.0251. The topological polar surface area (TPSA) is 123 Å². The number of nitrogens with one attached hydrogen (secondary N) is 1. The standard InChI is InChI=1S/C25H31FN4O6/c1-3-29-18-10-9-17(35-2)14-30-23(18)28-21(22(32)25(30)34)24(33)27-13-15-7-8-16(26)12-19(15)36-11-5-4-6-20(29)31/h7-8,12,17-18,32H,3-6,9-11,13-14H2,1-2H3,(H,27,33). The van der Waals surface area contributed by atoms with E-state index in [4.69, 9.17) is 9.47 Å². The van der Waals surface area contributed by atoms with Gasteiger partial charge in [0.1, 0.15) is 17.4 Å². The van der Waals surface area contributed by atoms with E-state index in [1.165, 1.54) is 22.8 Å². The molecule has 2 atom stereocenters. The number of carbonyl (C=O) groups excluding carboxylic acids is 2. The van der Waals surface area contributed by atoms with Crippen LogP contribution in [-0.2, 0) is 22.6 Å². The molecule has 2 aliphatic heterocycles. The van der Waals surface area contributed by atoms with E-state index in [1.807, 2.05) is 6.92 Å². The van der Waals surface area contributed by atoms with Crippen molar-refractivity contribution >= 4 is 11.8 Å². The van der Waals surface area contributed by atoms with E-state index in [9.17, 15) is 23.9 Å². The molecular formula is C25H31FN4O6. The number of methoxy groups -OCH3 is 1. The summed E-state index contributed by atoms with van der Waals surface area (Å²) >= 11 is 0. The van der Waals surface area contributed by atoms with Gasteiger partial charge < -0.3 is 24.8 Å². The van der Waals surface area contributed by atoms with Crippen LogP contribution in [0.4, 0.5) is 4.39 Å². The smallest absolute Gasteiger partial charge is 0.296 e. The zero-order chi connectivity index (χ0) is 25.8. The summed E-state index contributed by atoms with van der Waals surface area (Å²) in [6.45, 7) is 2.63. The average Bonchev–Trinajstić information content (AvgIpc) is 3.05. The Kier molecular flexibility index (Phi) is 7.88. The van der Waals surface area contributed by atoms with Gasteiger partial charge in [-0.25, -0.2) is 9.37 Å². The minimum Gasteiger partial charge on any atom is -0.501 e. The predicted octanol–water partition coefficient (Wildman–Crippen LogP) is 2.28. The van der Waals surface area contributed by atoms with Gasteiger partial charge in [-0.05, 0) is 38.7 Å². The first-order chi connectivity index (χ1) is 17.3. The highest BCUT2D eigenvalue weighted by molar-refractivity contribution is 5.94. The summed E-state index contributed by atoms with van der Waals surface area (Å²) < 4.78 is 26.4. The quantitative estimate of drug-likeness (QED) is 0.646. The summed E-state index contributed by atoms with van der Waals surface area (Å²) in [6, 6.07) is 3.43. The summed E-state index contributed by atoms with van der Waals surface area (Å²) in [6.07, 6.45) is 2.13. The molecule has 194 valence electrons. The molecule has 11 heteroatoms. The molecule has 0 fully saturated rings. The molecule has 2 unspecified atom stereocenters. The number of hydrogen-bond donors (Lipinski definition) is 2. The van der Waals surface area contributed by atoms with Crippen LogP contribution < -0.4 is 15.6 Å². The molecule has 4 rings (SSSR count). The Morgan fingerprint density at radius 1 is 1.25 bits per heavy atom. The third kappa shape index (κ3) is 5.20. The van der Waals surface area contributed by atoms with Gasteiger partial charge in [-0.3, -0.25) is 19.0 Å². The van der Waals surface area contributed by atoms with Crippen molar-refractivity contribution in [3.63, 3.8) is 0 Å². The Labute approximate surface area is 208 Å². The normalized spacial score (nSPS) is 21.2. The van der Waals surface area contributed by atoms with E-state index in [1.54, 1.807) is 12.0 Å². The molecular weight excluding hydrogens is 471 g/mol. The summed E-state index contributed by atoms with van der Waals surface area (Å²) in [5, 5.41) is 13.3. The number of hydrogen-bond acceptors (Lipinski definition) is 7. The Hall–Kier alpha value is -3.47. The lowest BCUT2D eigenvalue weighted by atomic mass is 10.1. The highest BCUT2D eigenvalue weighted by Crippen LogP contribution is 2.31. The first kappa shape index (κ1) is 25.6. The van der Waals surface area contributed by atoms with E-state index >= 15 is 0 Å². The summed E-state index contributed by atoms with van der Waals surface area (Å²) in [5.74, 6) is -1.63. The second-order valence-corrected chi connectivity index (χ2v) is 8.95. The number of fused-ring (bicyclic) bond motifs is 2. The zero-order valence-corrected chi connectivity index (χ0v) is 20.5. The van der Waals surface area contributed by atoms with Gasteiger partial charge in [0.15, 0.2) is 5.69 Å². The van der Waals surface area contributed by atoms with Crippen LogP contribution in [0.3, 0.4) is 0 Å². The Morgan fingerprint density at radius 2 is 2.06 bits per heavy atom. The lowest BCUT2D eigenvalue weighted by molar-refractivity contribution is -0.134. The number of nitrogens with zero attached hydrogens (tertiary/aromatic N) is 3. The minimum atomic E-state index is -0.780. The molecule has 2 bridgehead atoms. The maximum atomic E-state index is 13.8. The third-order valence-electron chi connectivity index (χ3n) is 6.72. The molecule has 0 radical (unpaired) electrons. The number of ether oxygens (including phenoxy) is 2. The number of halogens is 1. The molecule has 0 spiro atoms. The molecule has 2 N–H and O–H groups in total. The van der Waals surface area contributed by atoms with Gasteiger partial charge in [-0.1, -0.05) is 6.07 Å². The van der Waals surface area contributed by atoms with Gasteiger partial charge in [0.2, 0.25) is 11.7 Å². The summed E-state index contributed by atoms with van der Waals surface area (Å²) in [5.41, 5.74) is -0.668. The molecule has 3 heterocycles. The number of benzene rings is 1. The van der Waals surface area contributed by atoms with Crippen LogP contribution in [0.15, 0.2) is 23.0 Å². The molecule has 36 heavy (non-hydrogen) atoms. The molecule has 0 saturated heterocycles. The van der Waals surface area contributed by atoms with Crippen molar-refractivity contribution in [2.75, 3.05) is 20.3 Å². The van der Waals surface area contributed by atoms with Crippen LogP contribution in [-0.4, -0.2) is 57.7 Å². The maximum absolute atomic E-state index is 13.8. The number of rotatable bonds is 2. The van der Waals surface area contributed by atoms with Crippen molar-refractivity contribution in [1.82, 2.24) is 19.8 Å². The summed E-state index contributed by atoms with van der Waals surface area (Å²) in [7, 11) is 1.54. The Bertz CT molecular complexity index is 1200. The van der Waals surface area contributed by atoms with Gasteiger partial charge in [-0.2, -0.15) is 0 Å². The molecule has 10 nitrogen and oxygen atoms in total. The second kappa shape index (κ2) is 11.1. The zero-order valence-electron chi connectivity index (χ0n) is 20.5. The number of amides is 2. The fourth-order valence-corrected chi connectivity index (χ4v) is 4.75. The molecule has 0 saturated carbocycles. The van der Waals surface area contributed by atoms with Crippen LogP contribution in [0.1, 0.15) is 66.9 Å². The second-order valence-electron chi connectivity index (χ2n) is 8.95. The van der Waals surface area contributed by atoms with Crippen LogP contribution in [0.25, 0.3) is 0 Å². The van der Waals surface area contributed by atoms with Crippen LogP contribution >= 0.6 is 0 Å². The maximum Gasteiger partial charge on any atom is 0.296 e. The fraction of sp³-hybridized carbons (Fsp3) is 0.520. The number of aromatic hydroxyl groups is 1. The van der Waals surface area contributed by atoms with E-state index in [2.05, 4.69) is 10.3 Å². The largest absolute Gasteiger partial charge is 0.501 e. The van der Waals surface area contributed by atoms with Gasteiger partial charge in [0.25, 0.3) is 11.5 Å². The monoisotopic (exact) mass is 502 g/mol. The Balaban J connectivity index is 1.80. The number of carbonyl (C=O) groups is 2. The summed E-state index contributed by atoms with van der Waals surface area (Å²) in [4.78, 5) is 45.6. The predicted molar refractivity (Wildman–Crippen MR) is 127 cm³/mol. The molecule has 2 aliphatic rings. The molecule has 1 aromatic heterocycles. The molecule has 1 aromatic carbocycles. The van der Waals surface area contributed by atoms with E-state index in [-0.39, 0.29) is 49.7 Å². The average molecular weight is 503 g/mol. The van der Waals surface area contributed by atoms with Crippen molar-refractivity contribution in [3.05, 3.63) is 51.5 Å². The molecule has 2 aromatic rings. The highest BCUT2D eigenvalue weighted by Gasteiger charge is 2.34. The van der Waals surface area contributed by atoms with Crippen molar-refractivity contribution < 1.29 is 28.6 Å².